The van der Waals surface area contributed by atoms with Crippen LogP contribution in [0.15, 0.2) is 36.4 Å². The minimum atomic E-state index is -0.591. The predicted octanol–water partition coefficient (Wildman–Crippen LogP) is 2.87. The Hall–Kier alpha value is -3.09. The monoisotopic (exact) mass is 412 g/mol. The van der Waals surface area contributed by atoms with Gasteiger partial charge in [0, 0.05) is 24.9 Å². The smallest absolute Gasteiger partial charge is 0.244 e. The van der Waals surface area contributed by atoms with Gasteiger partial charge in [0.15, 0.2) is 0 Å². The highest BCUT2D eigenvalue weighted by atomic mass is 16.5. The molecule has 0 aliphatic carbocycles. The number of aryl methyl sites for hydroxylation is 3. The van der Waals surface area contributed by atoms with Crippen LogP contribution in [0, 0.1) is 19.8 Å². The molecular formula is C23H32N4O3. The molecule has 2 rings (SSSR count). The summed E-state index contributed by atoms with van der Waals surface area (Å²) in [6.45, 7) is 9.06. The second kappa shape index (κ2) is 11.2. The maximum atomic E-state index is 12.6. The van der Waals surface area contributed by atoms with Gasteiger partial charge in [-0.3, -0.25) is 14.3 Å². The number of rotatable bonds is 10. The first-order valence-corrected chi connectivity index (χ1v) is 10.2. The van der Waals surface area contributed by atoms with Gasteiger partial charge >= 0.3 is 0 Å². The second-order valence-electron chi connectivity index (χ2n) is 7.63. The molecular weight excluding hydrogens is 380 g/mol. The van der Waals surface area contributed by atoms with E-state index >= 15 is 0 Å². The molecule has 162 valence electrons. The van der Waals surface area contributed by atoms with E-state index in [-0.39, 0.29) is 17.7 Å². The summed E-state index contributed by atoms with van der Waals surface area (Å²) in [5.41, 5.74) is 2.97. The molecule has 1 atom stereocenters. The van der Waals surface area contributed by atoms with Crippen molar-refractivity contribution in [3.63, 3.8) is 0 Å². The van der Waals surface area contributed by atoms with Crippen LogP contribution in [0.4, 0.5) is 0 Å². The van der Waals surface area contributed by atoms with Crippen molar-refractivity contribution in [2.45, 2.75) is 46.7 Å². The zero-order chi connectivity index (χ0) is 22.1. The molecule has 7 nitrogen and oxygen atoms in total. The zero-order valence-corrected chi connectivity index (χ0v) is 18.4. The molecule has 1 aromatic carbocycles. The molecule has 0 saturated carbocycles. The van der Waals surface area contributed by atoms with Crippen molar-refractivity contribution >= 4 is 17.9 Å². The first-order valence-electron chi connectivity index (χ1n) is 10.2. The summed E-state index contributed by atoms with van der Waals surface area (Å²) in [6, 6.07) is 8.81. The summed E-state index contributed by atoms with van der Waals surface area (Å²) in [5.74, 6) is 0.247. The number of methoxy groups -OCH3 is 1. The first-order chi connectivity index (χ1) is 14.3. The van der Waals surface area contributed by atoms with Gasteiger partial charge in [-0.15, -0.1) is 0 Å². The second-order valence-corrected chi connectivity index (χ2v) is 7.63. The Morgan fingerprint density at radius 2 is 1.90 bits per heavy atom. The van der Waals surface area contributed by atoms with Crippen molar-refractivity contribution in [2.75, 3.05) is 13.7 Å². The Morgan fingerprint density at radius 1 is 1.20 bits per heavy atom. The summed E-state index contributed by atoms with van der Waals surface area (Å²) in [5, 5.41) is 10.1. The molecule has 0 saturated heterocycles. The fraction of sp³-hybridized carbons (Fsp3) is 0.435. The lowest BCUT2D eigenvalue weighted by Gasteiger charge is -2.21. The zero-order valence-electron chi connectivity index (χ0n) is 18.4. The van der Waals surface area contributed by atoms with Crippen molar-refractivity contribution in [1.82, 2.24) is 20.4 Å². The molecule has 1 aromatic heterocycles. The molecule has 1 unspecified atom stereocenters. The number of carbonyl (C=O) groups is 2. The summed E-state index contributed by atoms with van der Waals surface area (Å²) in [7, 11) is 1.61. The molecule has 0 aliphatic heterocycles. The maximum Gasteiger partial charge on any atom is 0.244 e. The third-order valence-electron chi connectivity index (χ3n) is 4.74. The summed E-state index contributed by atoms with van der Waals surface area (Å²) < 4.78 is 7.06. The van der Waals surface area contributed by atoms with Gasteiger partial charge in [0.2, 0.25) is 11.8 Å². The van der Waals surface area contributed by atoms with E-state index in [4.69, 9.17) is 4.74 Å². The van der Waals surface area contributed by atoms with Crippen LogP contribution in [0.25, 0.3) is 6.08 Å². The first kappa shape index (κ1) is 23.2. The maximum absolute atomic E-state index is 12.6. The van der Waals surface area contributed by atoms with Crippen molar-refractivity contribution in [1.29, 1.82) is 0 Å². The molecule has 7 heteroatoms. The Morgan fingerprint density at radius 3 is 2.47 bits per heavy atom. The minimum absolute atomic E-state index is 0.0284. The van der Waals surface area contributed by atoms with Gasteiger partial charge in [-0.25, -0.2) is 0 Å². The van der Waals surface area contributed by atoms with E-state index in [1.807, 2.05) is 62.7 Å². The highest BCUT2D eigenvalue weighted by Crippen LogP contribution is 2.12. The molecule has 30 heavy (non-hydrogen) atoms. The number of carbonyl (C=O) groups excluding carboxylic acids is 2. The van der Waals surface area contributed by atoms with E-state index < -0.39 is 6.04 Å². The molecule has 2 aromatic rings. The molecule has 2 amide bonds. The standard InChI is InChI=1S/C23H32N4O3/c1-16(2)22(23(29)24-13-6-14-27-18(4)15-17(3)26-27)25-21(28)12-9-19-7-10-20(30-5)11-8-19/h7-12,15-16,22H,6,13-14H2,1-5H3,(H,24,29)(H,25,28). The van der Waals surface area contributed by atoms with E-state index in [1.54, 1.807) is 13.2 Å². The average molecular weight is 413 g/mol. The van der Waals surface area contributed by atoms with Crippen LogP contribution >= 0.6 is 0 Å². The van der Waals surface area contributed by atoms with Gasteiger partial charge in [0.25, 0.3) is 0 Å². The number of hydrogen-bond donors (Lipinski definition) is 2. The van der Waals surface area contributed by atoms with Crippen LogP contribution in [0.2, 0.25) is 0 Å². The lowest BCUT2D eigenvalue weighted by molar-refractivity contribution is -0.128. The fourth-order valence-electron chi connectivity index (χ4n) is 3.07. The molecule has 0 bridgehead atoms. The number of nitrogens with zero attached hydrogens (tertiary/aromatic N) is 2. The van der Waals surface area contributed by atoms with E-state index in [0.717, 1.165) is 35.7 Å². The largest absolute Gasteiger partial charge is 0.497 e. The lowest BCUT2D eigenvalue weighted by Crippen LogP contribution is -2.49. The molecule has 0 aliphatic rings. The molecule has 0 radical (unpaired) electrons. The number of ether oxygens (including phenoxy) is 1. The van der Waals surface area contributed by atoms with E-state index in [2.05, 4.69) is 15.7 Å². The van der Waals surface area contributed by atoms with Crippen LogP contribution in [0.1, 0.15) is 37.2 Å². The highest BCUT2D eigenvalue weighted by Gasteiger charge is 2.23. The van der Waals surface area contributed by atoms with E-state index in [1.165, 1.54) is 6.08 Å². The van der Waals surface area contributed by atoms with Gasteiger partial charge in [-0.05, 0) is 56.0 Å². The van der Waals surface area contributed by atoms with Crippen LogP contribution in [-0.2, 0) is 16.1 Å². The SMILES string of the molecule is COc1ccc(C=CC(=O)NC(C(=O)NCCCn2nc(C)cc2C)C(C)C)cc1. The van der Waals surface area contributed by atoms with Crippen LogP contribution in [0.3, 0.4) is 0 Å². The van der Waals surface area contributed by atoms with Crippen LogP contribution in [-0.4, -0.2) is 41.3 Å². The minimum Gasteiger partial charge on any atom is -0.497 e. The predicted molar refractivity (Wildman–Crippen MR) is 118 cm³/mol. The summed E-state index contributed by atoms with van der Waals surface area (Å²) in [4.78, 5) is 24.9. The molecule has 0 fully saturated rings. The number of amides is 2. The quantitative estimate of drug-likeness (QED) is 0.464. The average Bonchev–Trinajstić information content (AvgIpc) is 3.04. The fourth-order valence-corrected chi connectivity index (χ4v) is 3.07. The molecule has 1 heterocycles. The van der Waals surface area contributed by atoms with Gasteiger partial charge in [0.1, 0.15) is 11.8 Å². The van der Waals surface area contributed by atoms with E-state index in [0.29, 0.717) is 6.54 Å². The summed E-state index contributed by atoms with van der Waals surface area (Å²) >= 11 is 0. The van der Waals surface area contributed by atoms with Crippen molar-refractivity contribution in [3.8, 4) is 5.75 Å². The Bertz CT molecular complexity index is 869. The van der Waals surface area contributed by atoms with Gasteiger partial charge in [0.05, 0.1) is 12.8 Å². The Labute approximate surface area is 178 Å². The van der Waals surface area contributed by atoms with Crippen LogP contribution < -0.4 is 15.4 Å². The summed E-state index contributed by atoms with van der Waals surface area (Å²) in [6.07, 6.45) is 3.91. The van der Waals surface area contributed by atoms with E-state index in [9.17, 15) is 9.59 Å². The normalized spacial score (nSPS) is 12.2. The number of aromatic nitrogens is 2. The molecule has 0 spiro atoms. The highest BCUT2D eigenvalue weighted by molar-refractivity contribution is 5.95. The number of benzene rings is 1. The van der Waals surface area contributed by atoms with Crippen molar-refractivity contribution < 1.29 is 14.3 Å². The van der Waals surface area contributed by atoms with Gasteiger partial charge in [-0.2, -0.15) is 5.10 Å². The third-order valence-corrected chi connectivity index (χ3v) is 4.74. The van der Waals surface area contributed by atoms with Gasteiger partial charge < -0.3 is 15.4 Å². The number of nitrogens with one attached hydrogen (secondary N) is 2. The molecule has 2 N–H and O–H groups in total. The third kappa shape index (κ3) is 7.06. The van der Waals surface area contributed by atoms with Gasteiger partial charge in [-0.1, -0.05) is 26.0 Å². The van der Waals surface area contributed by atoms with Crippen LogP contribution in [0.5, 0.6) is 5.75 Å². The van der Waals surface area contributed by atoms with Crippen molar-refractivity contribution in [2.24, 2.45) is 5.92 Å². The Kier molecular flexibility index (Phi) is 8.65. The number of hydrogen-bond acceptors (Lipinski definition) is 4. The lowest BCUT2D eigenvalue weighted by atomic mass is 10.0. The topological polar surface area (TPSA) is 85.2 Å². The van der Waals surface area contributed by atoms with Crippen molar-refractivity contribution in [3.05, 3.63) is 53.4 Å². The Balaban J connectivity index is 1.82.